The van der Waals surface area contributed by atoms with Gasteiger partial charge in [-0.25, -0.2) is 4.68 Å². The van der Waals surface area contributed by atoms with Crippen molar-refractivity contribution >= 4 is 17.4 Å². The van der Waals surface area contributed by atoms with E-state index >= 15 is 0 Å². The highest BCUT2D eigenvalue weighted by Crippen LogP contribution is 2.13. The van der Waals surface area contributed by atoms with Crippen LogP contribution in [0.4, 0.5) is 5.82 Å². The summed E-state index contributed by atoms with van der Waals surface area (Å²) in [6.07, 6.45) is 1.88. The third-order valence-corrected chi connectivity index (χ3v) is 3.67. The lowest BCUT2D eigenvalue weighted by atomic mass is 10.3. The van der Waals surface area contributed by atoms with Gasteiger partial charge in [-0.1, -0.05) is 16.8 Å². The molecular formula is C14H18ClN5O. The predicted molar refractivity (Wildman–Crippen MR) is 82.1 cm³/mol. The quantitative estimate of drug-likeness (QED) is 0.910. The largest absolute Gasteiger partial charge is 0.379 e. The first-order chi connectivity index (χ1) is 10.3. The highest BCUT2D eigenvalue weighted by atomic mass is 35.5. The molecule has 1 aromatic carbocycles. The molecule has 0 spiro atoms. The Bertz CT molecular complexity index is 565. The van der Waals surface area contributed by atoms with Gasteiger partial charge in [0, 0.05) is 31.2 Å². The van der Waals surface area contributed by atoms with Crippen molar-refractivity contribution in [3.63, 3.8) is 0 Å². The van der Waals surface area contributed by atoms with Crippen LogP contribution >= 0.6 is 11.6 Å². The number of nitrogens with zero attached hydrogens (tertiary/aromatic N) is 4. The molecule has 0 aliphatic carbocycles. The van der Waals surface area contributed by atoms with Gasteiger partial charge in [0.1, 0.15) is 0 Å². The Hall–Kier alpha value is -1.63. The minimum absolute atomic E-state index is 0.711. The molecule has 0 atom stereocenters. The molecule has 1 N–H and O–H groups in total. The van der Waals surface area contributed by atoms with Crippen LogP contribution in [0.1, 0.15) is 0 Å². The van der Waals surface area contributed by atoms with Gasteiger partial charge >= 0.3 is 0 Å². The normalized spacial score (nSPS) is 16.0. The van der Waals surface area contributed by atoms with E-state index in [0.29, 0.717) is 5.02 Å². The number of ether oxygens (including phenoxy) is 1. The summed E-state index contributed by atoms with van der Waals surface area (Å²) in [6.45, 7) is 5.48. The van der Waals surface area contributed by atoms with Crippen molar-refractivity contribution < 1.29 is 4.74 Å². The third-order valence-electron chi connectivity index (χ3n) is 3.42. The van der Waals surface area contributed by atoms with Gasteiger partial charge in [0.05, 0.1) is 25.1 Å². The molecule has 112 valence electrons. The fourth-order valence-corrected chi connectivity index (χ4v) is 2.36. The average Bonchev–Trinajstić information content (AvgIpc) is 2.98. The van der Waals surface area contributed by atoms with Gasteiger partial charge in [0.15, 0.2) is 5.82 Å². The van der Waals surface area contributed by atoms with Crippen LogP contribution in [0.5, 0.6) is 0 Å². The van der Waals surface area contributed by atoms with Gasteiger partial charge in [-0.15, -0.1) is 5.10 Å². The maximum absolute atomic E-state index is 5.88. The van der Waals surface area contributed by atoms with Crippen molar-refractivity contribution in [3.05, 3.63) is 35.5 Å². The van der Waals surface area contributed by atoms with Gasteiger partial charge < -0.3 is 10.1 Å². The minimum atomic E-state index is 0.711. The zero-order chi connectivity index (χ0) is 14.5. The SMILES string of the molecule is Clc1ccc(-n2cc(NCCN3CCOCC3)nn2)cc1. The fraction of sp³-hybridized carbons (Fsp3) is 0.429. The molecule has 1 aliphatic heterocycles. The lowest BCUT2D eigenvalue weighted by Crippen LogP contribution is -2.39. The number of morpholine rings is 1. The fourth-order valence-electron chi connectivity index (χ4n) is 2.23. The molecule has 1 saturated heterocycles. The molecule has 0 amide bonds. The Balaban J connectivity index is 1.51. The van der Waals surface area contributed by atoms with E-state index in [4.69, 9.17) is 16.3 Å². The molecule has 6 nitrogen and oxygen atoms in total. The summed E-state index contributed by atoms with van der Waals surface area (Å²) in [4.78, 5) is 2.38. The number of aromatic nitrogens is 3. The van der Waals surface area contributed by atoms with Crippen LogP contribution in [0, 0.1) is 0 Å². The standard InChI is InChI=1S/C14H18ClN5O/c15-12-1-3-13(4-2-12)20-11-14(17-18-20)16-5-6-19-7-9-21-10-8-19/h1-4,11,16H,5-10H2. The number of anilines is 1. The summed E-state index contributed by atoms with van der Waals surface area (Å²) in [6, 6.07) is 7.50. The molecule has 0 bridgehead atoms. The van der Waals surface area contributed by atoms with Crippen LogP contribution < -0.4 is 5.32 Å². The second-order valence-corrected chi connectivity index (χ2v) is 5.34. The highest BCUT2D eigenvalue weighted by Gasteiger charge is 2.09. The molecular weight excluding hydrogens is 290 g/mol. The smallest absolute Gasteiger partial charge is 0.169 e. The monoisotopic (exact) mass is 307 g/mol. The Morgan fingerprint density at radius 3 is 2.71 bits per heavy atom. The molecule has 21 heavy (non-hydrogen) atoms. The van der Waals surface area contributed by atoms with Crippen LogP contribution in [-0.4, -0.2) is 59.3 Å². The summed E-state index contributed by atoms with van der Waals surface area (Å²) in [5, 5.41) is 12.2. The number of rotatable bonds is 5. The van der Waals surface area contributed by atoms with E-state index in [1.165, 1.54) is 0 Å². The highest BCUT2D eigenvalue weighted by molar-refractivity contribution is 6.30. The lowest BCUT2D eigenvalue weighted by molar-refractivity contribution is 0.0398. The van der Waals surface area contributed by atoms with Crippen LogP contribution in [0.15, 0.2) is 30.5 Å². The summed E-state index contributed by atoms with van der Waals surface area (Å²) in [5.74, 6) is 0.776. The van der Waals surface area contributed by atoms with E-state index in [1.54, 1.807) is 4.68 Å². The lowest BCUT2D eigenvalue weighted by Gasteiger charge is -2.26. The van der Waals surface area contributed by atoms with E-state index in [1.807, 2.05) is 30.5 Å². The van der Waals surface area contributed by atoms with Gasteiger partial charge in [0.2, 0.25) is 0 Å². The van der Waals surface area contributed by atoms with E-state index in [2.05, 4.69) is 20.5 Å². The molecule has 7 heteroatoms. The molecule has 0 radical (unpaired) electrons. The predicted octanol–water partition coefficient (Wildman–Crippen LogP) is 1.66. The second kappa shape index (κ2) is 6.89. The second-order valence-electron chi connectivity index (χ2n) is 4.91. The maximum Gasteiger partial charge on any atom is 0.169 e. The molecule has 1 aliphatic rings. The van der Waals surface area contributed by atoms with E-state index in [9.17, 15) is 0 Å². The minimum Gasteiger partial charge on any atom is -0.379 e. The Morgan fingerprint density at radius 2 is 1.95 bits per heavy atom. The number of halogens is 1. The van der Waals surface area contributed by atoms with Crippen LogP contribution in [-0.2, 0) is 4.74 Å². The van der Waals surface area contributed by atoms with Crippen LogP contribution in [0.25, 0.3) is 5.69 Å². The first-order valence-corrected chi connectivity index (χ1v) is 7.41. The van der Waals surface area contributed by atoms with Crippen LogP contribution in [0.3, 0.4) is 0 Å². The molecule has 0 unspecified atom stereocenters. The van der Waals surface area contributed by atoms with Gasteiger partial charge in [0.25, 0.3) is 0 Å². The number of hydrogen-bond acceptors (Lipinski definition) is 5. The molecule has 1 fully saturated rings. The topological polar surface area (TPSA) is 55.2 Å². The van der Waals surface area contributed by atoms with Crippen molar-refractivity contribution in [2.24, 2.45) is 0 Å². The van der Waals surface area contributed by atoms with Crippen molar-refractivity contribution in [2.75, 3.05) is 44.7 Å². The van der Waals surface area contributed by atoms with Crippen molar-refractivity contribution in [1.29, 1.82) is 0 Å². The third kappa shape index (κ3) is 3.93. The summed E-state index contributed by atoms with van der Waals surface area (Å²) >= 11 is 5.88. The zero-order valence-electron chi connectivity index (χ0n) is 11.7. The molecule has 0 saturated carbocycles. The molecule has 2 heterocycles. The van der Waals surface area contributed by atoms with Crippen molar-refractivity contribution in [2.45, 2.75) is 0 Å². The van der Waals surface area contributed by atoms with Crippen molar-refractivity contribution in [3.8, 4) is 5.69 Å². The van der Waals surface area contributed by atoms with Gasteiger partial charge in [-0.3, -0.25) is 4.90 Å². The summed E-state index contributed by atoms with van der Waals surface area (Å²) < 4.78 is 7.06. The first-order valence-electron chi connectivity index (χ1n) is 7.03. The Morgan fingerprint density at radius 1 is 1.19 bits per heavy atom. The molecule has 2 aromatic rings. The molecule has 1 aromatic heterocycles. The first kappa shape index (κ1) is 14.3. The molecule has 3 rings (SSSR count). The maximum atomic E-state index is 5.88. The number of benzene rings is 1. The summed E-state index contributed by atoms with van der Waals surface area (Å²) in [5.41, 5.74) is 0.938. The van der Waals surface area contributed by atoms with E-state index < -0.39 is 0 Å². The average molecular weight is 308 g/mol. The van der Waals surface area contributed by atoms with E-state index in [-0.39, 0.29) is 0 Å². The Kier molecular flexibility index (Phi) is 4.69. The summed E-state index contributed by atoms with van der Waals surface area (Å²) in [7, 11) is 0. The van der Waals surface area contributed by atoms with Crippen LogP contribution in [0.2, 0.25) is 5.02 Å². The number of hydrogen-bond donors (Lipinski definition) is 1. The van der Waals surface area contributed by atoms with Crippen molar-refractivity contribution in [1.82, 2.24) is 19.9 Å². The van der Waals surface area contributed by atoms with Gasteiger partial charge in [-0.05, 0) is 24.3 Å². The zero-order valence-corrected chi connectivity index (χ0v) is 12.5. The Labute approximate surface area is 128 Å². The van der Waals surface area contributed by atoms with E-state index in [0.717, 1.165) is 50.9 Å². The van der Waals surface area contributed by atoms with Gasteiger partial charge in [-0.2, -0.15) is 0 Å². The number of nitrogens with one attached hydrogen (secondary N) is 1.